The van der Waals surface area contributed by atoms with Crippen molar-refractivity contribution in [3.63, 3.8) is 0 Å². The predicted molar refractivity (Wildman–Crippen MR) is 62.7 cm³/mol. The molecule has 1 aliphatic heterocycles. The minimum atomic E-state index is 0.0477. The normalized spacial score (nSPS) is 21.8. The zero-order valence-corrected chi connectivity index (χ0v) is 10.3. The molecule has 0 N–H and O–H groups in total. The zero-order valence-electron chi connectivity index (χ0n) is 10.3. The Morgan fingerprint density at radius 1 is 1.40 bits per heavy atom. The maximum atomic E-state index is 11.5. The molecule has 0 aromatic rings. The summed E-state index contributed by atoms with van der Waals surface area (Å²) in [6, 6.07) is 0.529. The van der Waals surface area contributed by atoms with Crippen LogP contribution in [0.2, 0.25) is 0 Å². The van der Waals surface area contributed by atoms with E-state index < -0.39 is 0 Å². The van der Waals surface area contributed by atoms with Crippen molar-refractivity contribution < 1.29 is 4.79 Å². The maximum absolute atomic E-state index is 11.5. The molecule has 1 saturated heterocycles. The molecule has 1 heterocycles. The molecule has 0 aromatic carbocycles. The fourth-order valence-electron chi connectivity index (χ4n) is 2.44. The maximum Gasteiger partial charge on any atom is 0.246 e. The first-order chi connectivity index (χ1) is 6.88. The van der Waals surface area contributed by atoms with Crippen molar-refractivity contribution in [3.05, 3.63) is 12.7 Å². The first kappa shape index (κ1) is 12.2. The van der Waals surface area contributed by atoms with Gasteiger partial charge in [-0.1, -0.05) is 6.58 Å². The third-order valence-electron chi connectivity index (χ3n) is 3.08. The second kappa shape index (κ2) is 4.35. The van der Waals surface area contributed by atoms with E-state index in [0.717, 1.165) is 19.6 Å². The van der Waals surface area contributed by atoms with Gasteiger partial charge in [-0.15, -0.1) is 0 Å². The number of carbonyl (C=O) groups is 1. The van der Waals surface area contributed by atoms with Crippen LogP contribution in [0.5, 0.6) is 0 Å². The van der Waals surface area contributed by atoms with Gasteiger partial charge < -0.3 is 4.90 Å². The van der Waals surface area contributed by atoms with Crippen LogP contribution in [-0.2, 0) is 4.79 Å². The second-order valence-corrected chi connectivity index (χ2v) is 5.06. The van der Waals surface area contributed by atoms with Crippen LogP contribution in [0, 0.1) is 0 Å². The smallest absolute Gasteiger partial charge is 0.246 e. The molecule has 0 saturated carbocycles. The van der Waals surface area contributed by atoms with Crippen molar-refractivity contribution in [3.8, 4) is 0 Å². The van der Waals surface area contributed by atoms with E-state index in [2.05, 4.69) is 39.2 Å². The Morgan fingerprint density at radius 3 is 2.40 bits per heavy atom. The van der Waals surface area contributed by atoms with Crippen LogP contribution in [-0.4, -0.2) is 46.9 Å². The summed E-state index contributed by atoms with van der Waals surface area (Å²) in [4.78, 5) is 15.8. The first-order valence-corrected chi connectivity index (χ1v) is 5.56. The van der Waals surface area contributed by atoms with E-state index in [0.29, 0.717) is 6.04 Å². The average molecular weight is 210 g/mol. The van der Waals surface area contributed by atoms with E-state index >= 15 is 0 Å². The molecule has 15 heavy (non-hydrogen) atoms. The van der Waals surface area contributed by atoms with Gasteiger partial charge in [-0.2, -0.15) is 0 Å². The largest absolute Gasteiger partial charge is 0.336 e. The molecule has 0 spiro atoms. The number of carbonyl (C=O) groups excluding carboxylic acids is 1. The summed E-state index contributed by atoms with van der Waals surface area (Å²) in [7, 11) is 0. The van der Waals surface area contributed by atoms with Crippen LogP contribution >= 0.6 is 0 Å². The molecular weight excluding hydrogens is 188 g/mol. The van der Waals surface area contributed by atoms with E-state index in [4.69, 9.17) is 0 Å². The summed E-state index contributed by atoms with van der Waals surface area (Å²) >= 11 is 0. The summed E-state index contributed by atoms with van der Waals surface area (Å²) in [5, 5.41) is 0. The molecular formula is C12H22N2O. The van der Waals surface area contributed by atoms with Crippen LogP contribution < -0.4 is 0 Å². The lowest BCUT2D eigenvalue weighted by Gasteiger charge is -2.49. The number of nitrogens with zero attached hydrogens (tertiary/aromatic N) is 2. The highest BCUT2D eigenvalue weighted by atomic mass is 16.2. The zero-order chi connectivity index (χ0) is 11.6. The Kier molecular flexibility index (Phi) is 3.55. The molecule has 1 aliphatic rings. The lowest BCUT2D eigenvalue weighted by atomic mass is 9.97. The van der Waals surface area contributed by atoms with Crippen molar-refractivity contribution in [2.75, 3.05) is 19.6 Å². The van der Waals surface area contributed by atoms with Crippen LogP contribution in [0.3, 0.4) is 0 Å². The molecule has 0 aromatic heterocycles. The van der Waals surface area contributed by atoms with Gasteiger partial charge >= 0.3 is 0 Å². The average Bonchev–Trinajstić information content (AvgIpc) is 2.14. The lowest BCUT2D eigenvalue weighted by molar-refractivity contribution is -0.131. The van der Waals surface area contributed by atoms with Gasteiger partial charge in [0, 0.05) is 31.2 Å². The number of hydrogen-bond acceptors (Lipinski definition) is 2. The molecule has 3 heteroatoms. The Labute approximate surface area is 92.7 Å². The van der Waals surface area contributed by atoms with Crippen LogP contribution in [0.15, 0.2) is 12.7 Å². The topological polar surface area (TPSA) is 23.6 Å². The van der Waals surface area contributed by atoms with Crippen molar-refractivity contribution >= 4 is 5.91 Å². The molecule has 1 fully saturated rings. The molecule has 3 nitrogen and oxygen atoms in total. The first-order valence-electron chi connectivity index (χ1n) is 5.56. The molecule has 0 atom stereocenters. The molecule has 0 aliphatic carbocycles. The SMILES string of the molecule is C=CC(=O)N1CCN(C(C)C)C(C)(C)C1. The third kappa shape index (κ3) is 2.59. The highest BCUT2D eigenvalue weighted by Gasteiger charge is 2.35. The van der Waals surface area contributed by atoms with E-state index in [9.17, 15) is 4.79 Å². The van der Waals surface area contributed by atoms with Gasteiger partial charge in [-0.05, 0) is 33.8 Å². The van der Waals surface area contributed by atoms with Crippen molar-refractivity contribution in [1.29, 1.82) is 0 Å². The summed E-state index contributed by atoms with van der Waals surface area (Å²) in [5.41, 5.74) is 0.0606. The molecule has 0 radical (unpaired) electrons. The van der Waals surface area contributed by atoms with E-state index in [1.54, 1.807) is 0 Å². The van der Waals surface area contributed by atoms with Crippen molar-refractivity contribution in [2.24, 2.45) is 0 Å². The molecule has 1 amide bonds. The van der Waals surface area contributed by atoms with Gasteiger partial charge in [0.05, 0.1) is 0 Å². The monoisotopic (exact) mass is 210 g/mol. The van der Waals surface area contributed by atoms with E-state index in [1.807, 2.05) is 4.90 Å². The van der Waals surface area contributed by atoms with Crippen molar-refractivity contribution in [2.45, 2.75) is 39.3 Å². The summed E-state index contributed by atoms with van der Waals surface area (Å²) < 4.78 is 0. The van der Waals surface area contributed by atoms with E-state index in [-0.39, 0.29) is 11.4 Å². The molecule has 86 valence electrons. The fraction of sp³-hybridized carbons (Fsp3) is 0.750. The fourth-order valence-corrected chi connectivity index (χ4v) is 2.44. The van der Waals surface area contributed by atoms with Gasteiger partial charge in [0.1, 0.15) is 0 Å². The number of hydrogen-bond donors (Lipinski definition) is 0. The third-order valence-corrected chi connectivity index (χ3v) is 3.08. The van der Waals surface area contributed by atoms with Crippen molar-refractivity contribution in [1.82, 2.24) is 9.80 Å². The Balaban J connectivity index is 2.72. The standard InChI is InChI=1S/C12H22N2O/c1-6-11(15)13-7-8-14(10(2)3)12(4,5)9-13/h6,10H,1,7-9H2,2-5H3. The summed E-state index contributed by atoms with van der Waals surface area (Å²) in [6.07, 6.45) is 1.40. The Hall–Kier alpha value is -0.830. The van der Waals surface area contributed by atoms with Gasteiger partial charge in [0.15, 0.2) is 0 Å². The van der Waals surface area contributed by atoms with Gasteiger partial charge in [0.25, 0.3) is 0 Å². The summed E-state index contributed by atoms with van der Waals surface area (Å²) in [6.45, 7) is 14.9. The Morgan fingerprint density at radius 2 is 2.00 bits per heavy atom. The lowest BCUT2D eigenvalue weighted by Crippen LogP contribution is -2.62. The number of piperazine rings is 1. The predicted octanol–water partition coefficient (Wildman–Crippen LogP) is 1.50. The van der Waals surface area contributed by atoms with Crippen LogP contribution in [0.4, 0.5) is 0 Å². The minimum Gasteiger partial charge on any atom is -0.336 e. The van der Waals surface area contributed by atoms with Gasteiger partial charge in [-0.25, -0.2) is 0 Å². The van der Waals surface area contributed by atoms with E-state index in [1.165, 1.54) is 6.08 Å². The quantitative estimate of drug-likeness (QED) is 0.645. The Bertz CT molecular complexity index is 258. The second-order valence-electron chi connectivity index (χ2n) is 5.06. The van der Waals surface area contributed by atoms with Crippen LogP contribution in [0.1, 0.15) is 27.7 Å². The highest BCUT2D eigenvalue weighted by Crippen LogP contribution is 2.23. The number of rotatable bonds is 2. The van der Waals surface area contributed by atoms with Crippen LogP contribution in [0.25, 0.3) is 0 Å². The van der Waals surface area contributed by atoms with Gasteiger partial charge in [-0.3, -0.25) is 9.69 Å². The van der Waals surface area contributed by atoms with Gasteiger partial charge in [0.2, 0.25) is 5.91 Å². The minimum absolute atomic E-state index is 0.0477. The highest BCUT2D eigenvalue weighted by molar-refractivity contribution is 5.87. The number of amides is 1. The molecule has 1 rings (SSSR count). The summed E-state index contributed by atoms with van der Waals surface area (Å²) in [5.74, 6) is 0.0477. The molecule has 0 unspecified atom stereocenters. The molecule has 0 bridgehead atoms.